The van der Waals surface area contributed by atoms with Crippen molar-refractivity contribution in [3.63, 3.8) is 0 Å². The van der Waals surface area contributed by atoms with Gasteiger partial charge in [-0.05, 0) is 83.1 Å². The van der Waals surface area contributed by atoms with Gasteiger partial charge in [-0.3, -0.25) is 9.48 Å². The van der Waals surface area contributed by atoms with E-state index in [-0.39, 0.29) is 40.2 Å². The number of rotatable bonds is 7. The van der Waals surface area contributed by atoms with Crippen LogP contribution in [0.3, 0.4) is 0 Å². The van der Waals surface area contributed by atoms with Crippen molar-refractivity contribution in [2.75, 3.05) is 13.1 Å². The van der Waals surface area contributed by atoms with Crippen LogP contribution in [-0.4, -0.2) is 44.6 Å². The Hall–Kier alpha value is -3.00. The maximum absolute atomic E-state index is 12.9. The van der Waals surface area contributed by atoms with Crippen molar-refractivity contribution < 1.29 is 14.7 Å². The van der Waals surface area contributed by atoms with Gasteiger partial charge in [0.15, 0.2) is 5.38 Å². The maximum atomic E-state index is 12.9. The predicted octanol–water partition coefficient (Wildman–Crippen LogP) is 4.67. The van der Waals surface area contributed by atoms with Gasteiger partial charge in [0.1, 0.15) is 18.5 Å². The van der Waals surface area contributed by atoms with Gasteiger partial charge >= 0.3 is 0 Å². The Kier molecular flexibility index (Phi) is 7.44. The van der Waals surface area contributed by atoms with E-state index in [4.69, 9.17) is 4.98 Å². The van der Waals surface area contributed by atoms with Crippen LogP contribution in [0, 0.1) is 0 Å². The number of piperidine rings is 1. The number of thiazole rings is 1. The Morgan fingerprint density at radius 1 is 1.05 bits per heavy atom. The molecular weight excluding hydrogens is 508 g/mol. The van der Waals surface area contributed by atoms with Gasteiger partial charge in [0, 0.05) is 30.8 Å². The molecule has 1 aliphatic carbocycles. The molecule has 1 unspecified atom stereocenters. The Morgan fingerprint density at radius 2 is 1.74 bits per heavy atom. The lowest BCUT2D eigenvalue weighted by Gasteiger charge is -2.42. The molecule has 3 aromatic rings. The number of aliphatic carboxylic acids is 1. The average Bonchev–Trinajstić information content (AvgIpc) is 3.51. The second-order valence-electron chi connectivity index (χ2n) is 12.6. The fraction of sp³-hybridized carbons (Fsp3) is 0.548. The highest BCUT2D eigenvalue weighted by Gasteiger charge is 2.37. The number of aromatic nitrogens is 3. The molecule has 2 aromatic heterocycles. The third kappa shape index (κ3) is 5.81. The number of carboxylic acid groups (broad SMARTS) is 1. The average molecular weight is 549 g/mol. The van der Waals surface area contributed by atoms with E-state index in [0.29, 0.717) is 18.0 Å². The van der Waals surface area contributed by atoms with Gasteiger partial charge in [-0.25, -0.2) is 0 Å². The van der Waals surface area contributed by atoms with Crippen molar-refractivity contribution in [1.82, 2.24) is 19.7 Å². The van der Waals surface area contributed by atoms with Crippen molar-refractivity contribution in [2.45, 2.75) is 89.5 Å². The summed E-state index contributed by atoms with van der Waals surface area (Å²) in [6.45, 7) is 11.1. The van der Waals surface area contributed by atoms with E-state index in [1.807, 2.05) is 4.90 Å². The molecule has 2 aliphatic rings. The molecule has 5 rings (SSSR count). The molecule has 0 spiro atoms. The summed E-state index contributed by atoms with van der Waals surface area (Å²) in [5, 5.41) is 18.6. The van der Waals surface area contributed by atoms with Crippen LogP contribution < -0.4 is 5.11 Å². The number of likely N-dealkylation sites (tertiary alicyclic amines) is 1. The Bertz CT molecular complexity index is 1380. The van der Waals surface area contributed by atoms with Crippen LogP contribution in [0.1, 0.15) is 87.5 Å². The first kappa shape index (κ1) is 27.6. The summed E-state index contributed by atoms with van der Waals surface area (Å²) < 4.78 is 1.60. The molecule has 1 aliphatic heterocycles. The number of fused-ring (bicyclic) bond motifs is 1. The van der Waals surface area contributed by atoms with Gasteiger partial charge in [-0.15, -0.1) is 0 Å². The standard InChI is InChI=1S/C31H40N4O3S/c1-30(2)13-14-31(3,4)25-18-22(6-8-24(25)30)26-20-39(5)29(32-26)21-10-15-34(16-11-21)27(36)19-35-17-12-23(33-35)7-9-28(37)38/h6,8,12,17-18,20-21H,7,9-11,13-16,19H2,1-5H3. The second kappa shape index (κ2) is 10.5. The lowest BCUT2D eigenvalue weighted by Crippen LogP contribution is -2.39. The summed E-state index contributed by atoms with van der Waals surface area (Å²) in [6, 6.07) is 8.76. The van der Waals surface area contributed by atoms with Crippen molar-refractivity contribution >= 4 is 22.3 Å². The van der Waals surface area contributed by atoms with Gasteiger partial charge in [0.2, 0.25) is 10.9 Å². The highest BCUT2D eigenvalue weighted by molar-refractivity contribution is 7.28. The smallest absolute Gasteiger partial charge is 0.245 e. The number of amides is 1. The lowest BCUT2D eigenvalue weighted by molar-refractivity contribution is -0.305. The molecule has 208 valence electrons. The molecule has 3 heterocycles. The number of carbonyl (C=O) groups excluding carboxylic acids is 2. The minimum atomic E-state index is -1.09. The van der Waals surface area contributed by atoms with E-state index < -0.39 is 5.97 Å². The van der Waals surface area contributed by atoms with Gasteiger partial charge < -0.3 is 14.8 Å². The first-order valence-corrected chi connectivity index (χ1v) is 15.7. The Labute approximate surface area is 234 Å². The third-order valence-corrected chi connectivity index (χ3v) is 10.4. The van der Waals surface area contributed by atoms with Crippen LogP contribution >= 0.6 is 10.5 Å². The van der Waals surface area contributed by atoms with Gasteiger partial charge in [-0.1, -0.05) is 39.8 Å². The summed E-state index contributed by atoms with van der Waals surface area (Å²) in [5.41, 5.74) is 6.31. The minimum Gasteiger partial charge on any atom is -0.550 e. The number of aryl methyl sites for hydroxylation is 2. The molecule has 1 aromatic carbocycles. The van der Waals surface area contributed by atoms with Crippen molar-refractivity contribution in [2.24, 2.45) is 6.26 Å². The maximum Gasteiger partial charge on any atom is 0.245 e. The van der Waals surface area contributed by atoms with Gasteiger partial charge in [0.25, 0.3) is 0 Å². The molecule has 7 nitrogen and oxygen atoms in total. The van der Waals surface area contributed by atoms with Crippen molar-refractivity contribution in [1.29, 1.82) is 0 Å². The normalized spacial score (nSPS) is 19.1. The molecule has 1 atom stereocenters. The predicted molar refractivity (Wildman–Crippen MR) is 153 cm³/mol. The fourth-order valence-electron chi connectivity index (χ4n) is 6.15. The van der Waals surface area contributed by atoms with E-state index in [2.05, 4.69) is 62.6 Å². The summed E-state index contributed by atoms with van der Waals surface area (Å²) >= 11 is 0. The number of hydrogen-bond acceptors (Lipinski definition) is 5. The highest BCUT2D eigenvalue weighted by atomic mass is 32.2. The zero-order chi connectivity index (χ0) is 27.9. The molecule has 0 saturated carbocycles. The Balaban J connectivity index is 1.23. The quantitative estimate of drug-likeness (QED) is 0.400. The first-order chi connectivity index (χ1) is 18.4. The topological polar surface area (TPSA) is 91.2 Å². The molecule has 39 heavy (non-hydrogen) atoms. The second-order valence-corrected chi connectivity index (χ2v) is 14.3. The monoisotopic (exact) mass is 548 g/mol. The summed E-state index contributed by atoms with van der Waals surface area (Å²) in [4.78, 5) is 30.7. The molecular formula is C31H40N4O3S. The van der Waals surface area contributed by atoms with E-state index in [1.165, 1.54) is 34.5 Å². The zero-order valence-electron chi connectivity index (χ0n) is 23.8. The molecule has 1 amide bonds. The van der Waals surface area contributed by atoms with Crippen molar-refractivity contribution in [3.05, 3.63) is 57.7 Å². The largest absolute Gasteiger partial charge is 0.550 e. The van der Waals surface area contributed by atoms with Crippen LogP contribution in [0.15, 0.2) is 35.8 Å². The molecule has 1 fully saturated rings. The van der Waals surface area contributed by atoms with Gasteiger partial charge in [0.05, 0.1) is 11.6 Å². The number of hydrogen-bond donors (Lipinski definition) is 0. The first-order valence-electron chi connectivity index (χ1n) is 14.0. The van der Waals surface area contributed by atoms with E-state index in [0.717, 1.165) is 31.6 Å². The summed E-state index contributed by atoms with van der Waals surface area (Å²) in [5.74, 6) is -0.654. The Morgan fingerprint density at radius 3 is 2.44 bits per heavy atom. The van der Waals surface area contributed by atoms with Crippen LogP contribution in [0.25, 0.3) is 11.3 Å². The van der Waals surface area contributed by atoms with E-state index in [1.54, 1.807) is 16.9 Å². The highest BCUT2D eigenvalue weighted by Crippen LogP contribution is 2.47. The zero-order valence-corrected chi connectivity index (χ0v) is 24.6. The summed E-state index contributed by atoms with van der Waals surface area (Å²) in [6.07, 6.45) is 8.50. The van der Waals surface area contributed by atoms with E-state index in [9.17, 15) is 14.7 Å². The minimum absolute atomic E-state index is 0.00703. The molecule has 0 radical (unpaired) electrons. The fourth-order valence-corrected chi connectivity index (χ4v) is 7.80. The molecule has 0 N–H and O–H groups in total. The number of nitrogens with zero attached hydrogens (tertiary/aromatic N) is 4. The third-order valence-electron chi connectivity index (χ3n) is 8.77. The summed E-state index contributed by atoms with van der Waals surface area (Å²) in [7, 11) is -0.00703. The number of carboxylic acids is 1. The van der Waals surface area contributed by atoms with Crippen LogP contribution in [-0.2, 0) is 39.6 Å². The molecule has 0 bridgehead atoms. The van der Waals surface area contributed by atoms with Crippen LogP contribution in [0.5, 0.6) is 0 Å². The molecule has 1 saturated heterocycles. The van der Waals surface area contributed by atoms with Crippen LogP contribution in [0.4, 0.5) is 0 Å². The SMILES string of the molecule is C[s+]1cc(-c2ccc3c(c2)C(C)(C)CCC3(C)C)nc1C1CCN(C(=O)Cn2ccc(CCC(=O)[O-])n2)CC1. The van der Waals surface area contributed by atoms with Crippen molar-refractivity contribution in [3.8, 4) is 11.3 Å². The van der Waals surface area contributed by atoms with Crippen LogP contribution in [0.2, 0.25) is 0 Å². The van der Waals surface area contributed by atoms with E-state index >= 15 is 0 Å². The number of benzene rings is 1. The van der Waals surface area contributed by atoms with Gasteiger partial charge in [-0.2, -0.15) is 10.1 Å². The lowest BCUT2D eigenvalue weighted by atomic mass is 9.63. The molecule has 8 heteroatoms. The number of carbonyl (C=O) groups is 2.